The number of hydrogen-bond acceptors (Lipinski definition) is 2. The van der Waals surface area contributed by atoms with Crippen LogP contribution in [0.25, 0.3) is 0 Å². The Balaban J connectivity index is 2.56. The molecule has 1 unspecified atom stereocenters. The van der Waals surface area contributed by atoms with Crippen molar-refractivity contribution in [3.05, 3.63) is 15.9 Å². The molecule has 4 heteroatoms. The second kappa shape index (κ2) is 6.40. The SMILES string of the molecule is CCc1nn(C)c(CCCC(O)CC)c1Br. The van der Waals surface area contributed by atoms with E-state index in [0.717, 1.165) is 42.3 Å². The summed E-state index contributed by atoms with van der Waals surface area (Å²) in [5.74, 6) is 0. The lowest BCUT2D eigenvalue weighted by atomic mass is 10.1. The lowest BCUT2D eigenvalue weighted by molar-refractivity contribution is 0.157. The zero-order valence-electron chi connectivity index (χ0n) is 10.3. The van der Waals surface area contributed by atoms with Gasteiger partial charge in [0.25, 0.3) is 0 Å². The average molecular weight is 289 g/mol. The molecule has 0 fully saturated rings. The van der Waals surface area contributed by atoms with Crippen LogP contribution >= 0.6 is 15.9 Å². The van der Waals surface area contributed by atoms with Crippen LogP contribution in [0.5, 0.6) is 0 Å². The van der Waals surface area contributed by atoms with Crippen molar-refractivity contribution in [1.82, 2.24) is 9.78 Å². The monoisotopic (exact) mass is 288 g/mol. The van der Waals surface area contributed by atoms with Crippen LogP contribution in [0.3, 0.4) is 0 Å². The first-order valence-corrected chi connectivity index (χ1v) is 6.77. The number of rotatable bonds is 6. The van der Waals surface area contributed by atoms with E-state index in [1.807, 2.05) is 18.7 Å². The van der Waals surface area contributed by atoms with E-state index < -0.39 is 0 Å². The van der Waals surface area contributed by atoms with Crippen molar-refractivity contribution in [3.8, 4) is 0 Å². The minimum atomic E-state index is -0.155. The molecular weight excluding hydrogens is 268 g/mol. The maximum atomic E-state index is 9.49. The van der Waals surface area contributed by atoms with Crippen molar-refractivity contribution < 1.29 is 5.11 Å². The van der Waals surface area contributed by atoms with Crippen LogP contribution in [-0.2, 0) is 19.9 Å². The van der Waals surface area contributed by atoms with E-state index in [1.54, 1.807) is 0 Å². The molecule has 0 spiro atoms. The largest absolute Gasteiger partial charge is 0.393 e. The number of aliphatic hydroxyl groups excluding tert-OH is 1. The topological polar surface area (TPSA) is 38.0 Å². The van der Waals surface area contributed by atoms with E-state index in [2.05, 4.69) is 28.0 Å². The van der Waals surface area contributed by atoms with Crippen molar-refractivity contribution in [2.24, 2.45) is 7.05 Å². The van der Waals surface area contributed by atoms with E-state index >= 15 is 0 Å². The molecule has 1 heterocycles. The van der Waals surface area contributed by atoms with Gasteiger partial charge in [-0.2, -0.15) is 5.10 Å². The van der Waals surface area contributed by atoms with Gasteiger partial charge in [-0.05, 0) is 48.0 Å². The van der Waals surface area contributed by atoms with Crippen molar-refractivity contribution in [1.29, 1.82) is 0 Å². The Kier molecular flexibility index (Phi) is 5.49. The molecule has 0 aliphatic heterocycles. The highest BCUT2D eigenvalue weighted by atomic mass is 79.9. The molecule has 1 atom stereocenters. The highest BCUT2D eigenvalue weighted by molar-refractivity contribution is 9.10. The zero-order valence-corrected chi connectivity index (χ0v) is 11.9. The summed E-state index contributed by atoms with van der Waals surface area (Å²) in [6.45, 7) is 4.12. The molecule has 0 saturated carbocycles. The maximum Gasteiger partial charge on any atom is 0.0766 e. The van der Waals surface area contributed by atoms with Gasteiger partial charge in [-0.1, -0.05) is 13.8 Å². The van der Waals surface area contributed by atoms with E-state index in [4.69, 9.17) is 0 Å². The summed E-state index contributed by atoms with van der Waals surface area (Å²) in [5, 5.41) is 13.9. The minimum absolute atomic E-state index is 0.155. The van der Waals surface area contributed by atoms with Gasteiger partial charge < -0.3 is 5.11 Å². The van der Waals surface area contributed by atoms with Crippen LogP contribution in [0, 0.1) is 0 Å². The standard InChI is InChI=1S/C12H21BrN2O/c1-4-9(16)7-6-8-11-12(13)10(5-2)14-15(11)3/h9,16H,4-8H2,1-3H3. The third-order valence-electron chi connectivity index (χ3n) is 2.93. The zero-order chi connectivity index (χ0) is 12.1. The Morgan fingerprint density at radius 1 is 1.44 bits per heavy atom. The summed E-state index contributed by atoms with van der Waals surface area (Å²) < 4.78 is 3.09. The summed E-state index contributed by atoms with van der Waals surface area (Å²) in [7, 11) is 1.98. The van der Waals surface area contributed by atoms with Crippen LogP contribution in [0.15, 0.2) is 4.47 Å². The third-order valence-corrected chi connectivity index (χ3v) is 3.84. The van der Waals surface area contributed by atoms with Crippen LogP contribution < -0.4 is 0 Å². The van der Waals surface area contributed by atoms with E-state index in [1.165, 1.54) is 5.69 Å². The molecule has 16 heavy (non-hydrogen) atoms. The van der Waals surface area contributed by atoms with E-state index in [9.17, 15) is 5.11 Å². The van der Waals surface area contributed by atoms with Gasteiger partial charge in [0.2, 0.25) is 0 Å². The predicted molar refractivity (Wildman–Crippen MR) is 69.5 cm³/mol. The van der Waals surface area contributed by atoms with Gasteiger partial charge in [-0.15, -0.1) is 0 Å². The van der Waals surface area contributed by atoms with E-state index in [-0.39, 0.29) is 6.10 Å². The van der Waals surface area contributed by atoms with Gasteiger partial charge in [0, 0.05) is 7.05 Å². The highest BCUT2D eigenvalue weighted by Gasteiger charge is 2.12. The van der Waals surface area contributed by atoms with Gasteiger partial charge in [-0.25, -0.2) is 0 Å². The second-order valence-corrected chi connectivity index (χ2v) is 4.93. The molecule has 0 amide bonds. The summed E-state index contributed by atoms with van der Waals surface area (Å²) in [6.07, 6.45) is 4.49. The number of nitrogens with zero attached hydrogens (tertiary/aromatic N) is 2. The maximum absolute atomic E-state index is 9.49. The number of aliphatic hydroxyl groups is 1. The molecule has 1 rings (SSSR count). The molecule has 0 radical (unpaired) electrons. The quantitative estimate of drug-likeness (QED) is 0.874. The molecule has 0 aliphatic carbocycles. The van der Waals surface area contributed by atoms with Gasteiger partial charge >= 0.3 is 0 Å². The number of aryl methyl sites for hydroxylation is 2. The highest BCUT2D eigenvalue weighted by Crippen LogP contribution is 2.23. The average Bonchev–Trinajstić information content (AvgIpc) is 2.55. The Morgan fingerprint density at radius 3 is 2.62 bits per heavy atom. The first-order chi connectivity index (χ1) is 7.60. The molecule has 0 aliphatic rings. The Morgan fingerprint density at radius 2 is 2.12 bits per heavy atom. The van der Waals surface area contributed by atoms with Crippen molar-refractivity contribution in [3.63, 3.8) is 0 Å². The first-order valence-electron chi connectivity index (χ1n) is 5.98. The molecule has 1 N–H and O–H groups in total. The van der Waals surface area contributed by atoms with Crippen LogP contribution in [0.2, 0.25) is 0 Å². The van der Waals surface area contributed by atoms with Gasteiger partial charge in [0.1, 0.15) is 0 Å². The summed E-state index contributed by atoms with van der Waals surface area (Å²) in [4.78, 5) is 0. The Bertz CT molecular complexity index is 336. The lowest BCUT2D eigenvalue weighted by Crippen LogP contribution is -2.06. The van der Waals surface area contributed by atoms with Crippen LogP contribution in [-0.4, -0.2) is 21.0 Å². The summed E-state index contributed by atoms with van der Waals surface area (Å²) in [6, 6.07) is 0. The first kappa shape index (κ1) is 13.7. The third kappa shape index (κ3) is 3.32. The molecule has 3 nitrogen and oxygen atoms in total. The lowest BCUT2D eigenvalue weighted by Gasteiger charge is -2.07. The second-order valence-electron chi connectivity index (χ2n) is 4.14. The van der Waals surface area contributed by atoms with Crippen molar-refractivity contribution >= 4 is 15.9 Å². The number of aromatic nitrogens is 2. The smallest absolute Gasteiger partial charge is 0.0766 e. The molecule has 0 bridgehead atoms. The van der Waals surface area contributed by atoms with Gasteiger partial charge in [0.15, 0.2) is 0 Å². The fourth-order valence-electron chi connectivity index (χ4n) is 1.80. The predicted octanol–water partition coefficient (Wildman–Crippen LogP) is 2.84. The van der Waals surface area contributed by atoms with Gasteiger partial charge in [-0.3, -0.25) is 4.68 Å². The molecule has 92 valence electrons. The fourth-order valence-corrected chi connectivity index (χ4v) is 2.62. The Hall–Kier alpha value is -0.350. The van der Waals surface area contributed by atoms with Crippen LogP contribution in [0.1, 0.15) is 44.5 Å². The van der Waals surface area contributed by atoms with Crippen molar-refractivity contribution in [2.45, 2.75) is 52.1 Å². The van der Waals surface area contributed by atoms with Crippen molar-refractivity contribution in [2.75, 3.05) is 0 Å². The number of halogens is 1. The summed E-state index contributed by atoms with van der Waals surface area (Å²) >= 11 is 3.60. The summed E-state index contributed by atoms with van der Waals surface area (Å²) in [5.41, 5.74) is 2.36. The molecule has 1 aromatic rings. The molecule has 0 aromatic carbocycles. The fraction of sp³-hybridized carbons (Fsp3) is 0.750. The van der Waals surface area contributed by atoms with Gasteiger partial charge in [0.05, 0.1) is 22.0 Å². The molecule has 1 aromatic heterocycles. The number of hydrogen-bond donors (Lipinski definition) is 1. The van der Waals surface area contributed by atoms with E-state index in [0.29, 0.717) is 0 Å². The molecular formula is C12H21BrN2O. The molecule has 0 saturated heterocycles. The normalized spacial score (nSPS) is 13.1. The van der Waals surface area contributed by atoms with Crippen LogP contribution in [0.4, 0.5) is 0 Å². The minimum Gasteiger partial charge on any atom is -0.393 e. The Labute approximate surface area is 106 Å².